The summed E-state index contributed by atoms with van der Waals surface area (Å²) in [6.07, 6.45) is 5.68. The molecule has 0 radical (unpaired) electrons. The molecule has 5 heteroatoms. The third-order valence-corrected chi connectivity index (χ3v) is 4.03. The molecule has 1 aliphatic rings. The summed E-state index contributed by atoms with van der Waals surface area (Å²) < 4.78 is 13.8. The molecule has 2 rings (SSSR count). The van der Waals surface area contributed by atoms with Crippen LogP contribution < -0.4 is 10.6 Å². The first-order valence-corrected chi connectivity index (χ1v) is 7.63. The summed E-state index contributed by atoms with van der Waals surface area (Å²) in [7, 11) is 0. The Morgan fingerprint density at radius 2 is 2.15 bits per heavy atom. The van der Waals surface area contributed by atoms with Gasteiger partial charge in [-0.1, -0.05) is 20.8 Å². The fourth-order valence-corrected chi connectivity index (χ4v) is 2.85. The maximum atomic E-state index is 13.8. The van der Waals surface area contributed by atoms with Gasteiger partial charge in [0.05, 0.1) is 6.20 Å². The zero-order valence-electron chi connectivity index (χ0n) is 12.6. The van der Waals surface area contributed by atoms with E-state index in [2.05, 4.69) is 41.4 Å². The van der Waals surface area contributed by atoms with Crippen molar-refractivity contribution >= 4 is 11.8 Å². The normalized spacial score (nSPS) is 26.3. The van der Waals surface area contributed by atoms with Gasteiger partial charge in [-0.2, -0.15) is 4.98 Å². The predicted octanol–water partition coefficient (Wildman–Crippen LogP) is 3.67. The molecular weight excluding hydrogens is 255 g/mol. The van der Waals surface area contributed by atoms with Gasteiger partial charge in [0, 0.05) is 12.6 Å². The smallest absolute Gasteiger partial charge is 0.224 e. The summed E-state index contributed by atoms with van der Waals surface area (Å²) in [5.74, 6) is 1.75. The minimum absolute atomic E-state index is 0.301. The van der Waals surface area contributed by atoms with Crippen molar-refractivity contribution in [3.05, 3.63) is 12.0 Å². The van der Waals surface area contributed by atoms with E-state index in [9.17, 15) is 4.39 Å². The lowest BCUT2D eigenvalue weighted by Gasteiger charge is -2.33. The zero-order valence-corrected chi connectivity index (χ0v) is 12.6. The molecule has 3 atom stereocenters. The van der Waals surface area contributed by atoms with Crippen molar-refractivity contribution in [3.8, 4) is 0 Å². The van der Waals surface area contributed by atoms with E-state index in [1.165, 1.54) is 19.0 Å². The Morgan fingerprint density at radius 3 is 2.85 bits per heavy atom. The van der Waals surface area contributed by atoms with E-state index in [1.54, 1.807) is 0 Å². The highest BCUT2D eigenvalue weighted by atomic mass is 19.1. The van der Waals surface area contributed by atoms with Gasteiger partial charge in [0.25, 0.3) is 0 Å². The van der Waals surface area contributed by atoms with E-state index in [4.69, 9.17) is 0 Å². The van der Waals surface area contributed by atoms with Crippen LogP contribution in [0.3, 0.4) is 0 Å². The molecule has 1 saturated carbocycles. The molecule has 0 bridgehead atoms. The van der Waals surface area contributed by atoms with Crippen molar-refractivity contribution in [1.82, 2.24) is 9.97 Å². The Kier molecular flexibility index (Phi) is 5.15. The summed E-state index contributed by atoms with van der Waals surface area (Å²) in [5, 5.41) is 6.36. The van der Waals surface area contributed by atoms with Crippen LogP contribution in [0.5, 0.6) is 0 Å². The van der Waals surface area contributed by atoms with Crippen LogP contribution in [0.25, 0.3) is 0 Å². The van der Waals surface area contributed by atoms with Gasteiger partial charge >= 0.3 is 0 Å². The van der Waals surface area contributed by atoms with Crippen LogP contribution in [0, 0.1) is 17.7 Å². The van der Waals surface area contributed by atoms with Gasteiger partial charge in [-0.15, -0.1) is 0 Å². The second kappa shape index (κ2) is 6.86. The number of nitrogens with one attached hydrogen (secondary N) is 2. The number of hydrogen-bond acceptors (Lipinski definition) is 4. The number of halogens is 1. The van der Waals surface area contributed by atoms with Crippen LogP contribution in [0.2, 0.25) is 0 Å². The van der Waals surface area contributed by atoms with Gasteiger partial charge in [0.15, 0.2) is 11.6 Å². The quantitative estimate of drug-likeness (QED) is 0.864. The zero-order chi connectivity index (χ0) is 14.5. The van der Waals surface area contributed by atoms with Crippen molar-refractivity contribution in [2.45, 2.75) is 52.5 Å². The van der Waals surface area contributed by atoms with Crippen molar-refractivity contribution in [2.75, 3.05) is 17.2 Å². The van der Waals surface area contributed by atoms with Gasteiger partial charge in [-0.25, -0.2) is 9.37 Å². The average molecular weight is 280 g/mol. The third kappa shape index (κ3) is 3.81. The van der Waals surface area contributed by atoms with E-state index >= 15 is 0 Å². The SMILES string of the molecule is CCCNc1ncc(F)c(NC2CCC(C)CC2C)n1. The van der Waals surface area contributed by atoms with Gasteiger partial charge in [-0.3, -0.25) is 0 Å². The van der Waals surface area contributed by atoms with Crippen LogP contribution >= 0.6 is 0 Å². The highest BCUT2D eigenvalue weighted by Crippen LogP contribution is 2.30. The fraction of sp³-hybridized carbons (Fsp3) is 0.733. The maximum Gasteiger partial charge on any atom is 0.224 e. The van der Waals surface area contributed by atoms with Crippen molar-refractivity contribution < 1.29 is 4.39 Å². The molecule has 0 amide bonds. The molecule has 0 aliphatic heterocycles. The molecular formula is C15H25FN4. The molecule has 1 aromatic rings. The average Bonchev–Trinajstić information content (AvgIpc) is 2.42. The summed E-state index contributed by atoms with van der Waals surface area (Å²) >= 11 is 0. The molecule has 1 aliphatic carbocycles. The lowest BCUT2D eigenvalue weighted by molar-refractivity contribution is 0.275. The summed E-state index contributed by atoms with van der Waals surface area (Å²) in [5.41, 5.74) is 0. The monoisotopic (exact) mass is 280 g/mol. The van der Waals surface area contributed by atoms with Gasteiger partial charge < -0.3 is 10.6 Å². The molecule has 0 saturated heterocycles. The summed E-state index contributed by atoms with van der Waals surface area (Å²) in [6, 6.07) is 0.301. The van der Waals surface area contributed by atoms with Crippen LogP contribution in [0.15, 0.2) is 6.20 Å². The molecule has 0 aromatic carbocycles. The van der Waals surface area contributed by atoms with E-state index in [1.807, 2.05) is 0 Å². The standard InChI is InChI=1S/C15H25FN4/c1-4-7-17-15-18-9-12(16)14(20-15)19-13-6-5-10(2)8-11(13)3/h9-11,13H,4-8H2,1-3H3,(H2,17,18,19,20). The number of nitrogens with zero attached hydrogens (tertiary/aromatic N) is 2. The number of rotatable bonds is 5. The molecule has 4 nitrogen and oxygen atoms in total. The highest BCUT2D eigenvalue weighted by Gasteiger charge is 2.26. The summed E-state index contributed by atoms with van der Waals surface area (Å²) in [6.45, 7) is 7.37. The molecule has 112 valence electrons. The predicted molar refractivity (Wildman–Crippen MR) is 80.4 cm³/mol. The van der Waals surface area contributed by atoms with Crippen LogP contribution in [0.4, 0.5) is 16.2 Å². The van der Waals surface area contributed by atoms with Gasteiger partial charge in [-0.05, 0) is 37.5 Å². The lowest BCUT2D eigenvalue weighted by Crippen LogP contribution is -2.33. The first-order valence-electron chi connectivity index (χ1n) is 7.63. The number of aromatic nitrogens is 2. The second-order valence-electron chi connectivity index (χ2n) is 5.96. The minimum atomic E-state index is -0.377. The second-order valence-corrected chi connectivity index (χ2v) is 5.96. The van der Waals surface area contributed by atoms with Crippen LogP contribution in [-0.4, -0.2) is 22.6 Å². The third-order valence-electron chi connectivity index (χ3n) is 4.03. The van der Waals surface area contributed by atoms with E-state index in [-0.39, 0.29) is 5.82 Å². The van der Waals surface area contributed by atoms with Gasteiger partial charge in [0.2, 0.25) is 5.95 Å². The molecule has 3 unspecified atom stereocenters. The Balaban J connectivity index is 2.04. The van der Waals surface area contributed by atoms with E-state index < -0.39 is 0 Å². The number of hydrogen-bond donors (Lipinski definition) is 2. The Morgan fingerprint density at radius 1 is 1.35 bits per heavy atom. The molecule has 0 spiro atoms. The largest absolute Gasteiger partial charge is 0.364 e. The lowest BCUT2D eigenvalue weighted by atomic mass is 9.80. The van der Waals surface area contributed by atoms with Crippen molar-refractivity contribution in [1.29, 1.82) is 0 Å². The highest BCUT2D eigenvalue weighted by molar-refractivity contribution is 5.42. The summed E-state index contributed by atoms with van der Waals surface area (Å²) in [4.78, 5) is 8.21. The van der Waals surface area contributed by atoms with Crippen molar-refractivity contribution in [3.63, 3.8) is 0 Å². The molecule has 2 N–H and O–H groups in total. The van der Waals surface area contributed by atoms with E-state index in [0.29, 0.717) is 23.7 Å². The Labute approximate surface area is 120 Å². The first kappa shape index (κ1) is 15.0. The minimum Gasteiger partial charge on any atom is -0.364 e. The van der Waals surface area contributed by atoms with Gasteiger partial charge in [0.1, 0.15) is 0 Å². The Bertz CT molecular complexity index is 438. The fourth-order valence-electron chi connectivity index (χ4n) is 2.85. The molecule has 1 heterocycles. The topological polar surface area (TPSA) is 49.8 Å². The number of anilines is 2. The molecule has 1 fully saturated rings. The van der Waals surface area contributed by atoms with Crippen LogP contribution in [-0.2, 0) is 0 Å². The maximum absolute atomic E-state index is 13.8. The Hall–Kier alpha value is -1.39. The van der Waals surface area contributed by atoms with Crippen molar-refractivity contribution in [2.24, 2.45) is 11.8 Å². The van der Waals surface area contributed by atoms with Crippen LogP contribution in [0.1, 0.15) is 46.5 Å². The molecule has 1 aromatic heterocycles. The first-order chi connectivity index (χ1) is 9.60. The molecule has 20 heavy (non-hydrogen) atoms. The van der Waals surface area contributed by atoms with E-state index in [0.717, 1.165) is 25.3 Å².